The van der Waals surface area contributed by atoms with E-state index in [0.717, 1.165) is 23.6 Å². The molecule has 10 heteroatoms. The average Bonchev–Trinajstić information content (AvgIpc) is 2.53. The minimum Gasteiger partial charge on any atom is -0.354 e. The van der Waals surface area contributed by atoms with Crippen LogP contribution in [0.4, 0.5) is 0 Å². The largest absolute Gasteiger partial charge is 0.354 e. The summed E-state index contributed by atoms with van der Waals surface area (Å²) >= 11 is 0. The van der Waals surface area contributed by atoms with Crippen molar-refractivity contribution in [1.29, 1.82) is 0 Å². The van der Waals surface area contributed by atoms with E-state index in [4.69, 9.17) is 5.73 Å². The van der Waals surface area contributed by atoms with Crippen LogP contribution in [0.2, 0.25) is 0 Å². The highest BCUT2D eigenvalue weighted by Gasteiger charge is 2.29. The number of carbonyl (C=O) groups is 2. The third kappa shape index (κ3) is 6.92. The SMILES string of the molecule is CCS(=O)(=O)N(C)CC(=O)N1CCCCC1CNC(=O)CCN.Cl. The van der Waals surface area contributed by atoms with Crippen molar-refractivity contribution in [2.24, 2.45) is 5.73 Å². The Morgan fingerprint density at radius 3 is 2.58 bits per heavy atom. The number of nitrogens with zero attached hydrogens (tertiary/aromatic N) is 2. The van der Waals surface area contributed by atoms with Gasteiger partial charge in [0.05, 0.1) is 12.3 Å². The predicted molar refractivity (Wildman–Crippen MR) is 95.4 cm³/mol. The van der Waals surface area contributed by atoms with Gasteiger partial charge in [0.1, 0.15) is 0 Å². The summed E-state index contributed by atoms with van der Waals surface area (Å²) in [6, 6.07) is -0.0873. The Balaban J connectivity index is 0.00000529. The number of nitrogens with one attached hydrogen (secondary N) is 1. The molecule has 1 saturated heterocycles. The Hall–Kier alpha value is -0.900. The lowest BCUT2D eigenvalue weighted by molar-refractivity contribution is -0.135. The molecule has 1 atom stereocenters. The van der Waals surface area contributed by atoms with Crippen LogP contribution >= 0.6 is 12.4 Å². The first-order valence-corrected chi connectivity index (χ1v) is 9.63. The minimum absolute atomic E-state index is 0. The molecule has 2 amide bonds. The topological polar surface area (TPSA) is 113 Å². The second kappa shape index (κ2) is 10.9. The molecule has 1 heterocycles. The number of likely N-dealkylation sites (tertiary alicyclic amines) is 1. The molecule has 0 radical (unpaired) electrons. The van der Waals surface area contributed by atoms with Gasteiger partial charge in [0.15, 0.2) is 0 Å². The average molecular weight is 385 g/mol. The fourth-order valence-corrected chi connectivity index (χ4v) is 3.34. The van der Waals surface area contributed by atoms with E-state index in [1.165, 1.54) is 7.05 Å². The first-order chi connectivity index (χ1) is 10.8. The Bertz CT molecular complexity index is 515. The Labute approximate surface area is 150 Å². The lowest BCUT2D eigenvalue weighted by Gasteiger charge is -2.36. The van der Waals surface area contributed by atoms with Crippen molar-refractivity contribution in [3.8, 4) is 0 Å². The predicted octanol–water partition coefficient (Wildman–Crippen LogP) is -0.464. The van der Waals surface area contributed by atoms with E-state index in [1.54, 1.807) is 11.8 Å². The van der Waals surface area contributed by atoms with Crippen molar-refractivity contribution in [2.75, 3.05) is 39.0 Å². The molecule has 0 aromatic heterocycles. The fourth-order valence-electron chi connectivity index (χ4n) is 2.59. The molecule has 3 N–H and O–H groups in total. The second-order valence-electron chi connectivity index (χ2n) is 5.74. The first kappa shape index (κ1) is 23.1. The zero-order valence-corrected chi connectivity index (χ0v) is 16.0. The second-order valence-corrected chi connectivity index (χ2v) is 8.10. The highest BCUT2D eigenvalue weighted by molar-refractivity contribution is 7.89. The molecule has 1 unspecified atom stereocenters. The van der Waals surface area contributed by atoms with Crippen LogP contribution < -0.4 is 11.1 Å². The van der Waals surface area contributed by atoms with Crippen LogP contribution in [0.15, 0.2) is 0 Å². The van der Waals surface area contributed by atoms with Crippen molar-refractivity contribution >= 4 is 34.2 Å². The summed E-state index contributed by atoms with van der Waals surface area (Å²) in [7, 11) is -1.96. The van der Waals surface area contributed by atoms with Crippen molar-refractivity contribution in [3.05, 3.63) is 0 Å². The Morgan fingerprint density at radius 1 is 1.33 bits per heavy atom. The molecular formula is C14H29ClN4O4S. The number of carbonyl (C=O) groups excluding carboxylic acids is 2. The molecular weight excluding hydrogens is 356 g/mol. The standard InChI is InChI=1S/C14H28N4O4S.ClH/c1-3-23(21,22)17(2)11-14(20)18-9-5-4-6-12(18)10-16-13(19)7-8-15;/h12H,3-11,15H2,1-2H3,(H,16,19);1H. The normalized spacial score (nSPS) is 18.2. The molecule has 0 aromatic carbocycles. The maximum atomic E-state index is 12.4. The molecule has 0 saturated carbocycles. The zero-order chi connectivity index (χ0) is 17.5. The van der Waals surface area contributed by atoms with Crippen molar-refractivity contribution < 1.29 is 18.0 Å². The van der Waals surface area contributed by atoms with Crippen LogP contribution in [-0.2, 0) is 19.6 Å². The van der Waals surface area contributed by atoms with Gasteiger partial charge in [-0.05, 0) is 26.2 Å². The third-order valence-corrected chi connectivity index (χ3v) is 5.86. The maximum absolute atomic E-state index is 12.4. The lowest BCUT2D eigenvalue weighted by Crippen LogP contribution is -2.52. The summed E-state index contributed by atoms with van der Waals surface area (Å²) in [5, 5.41) is 2.79. The number of sulfonamides is 1. The van der Waals surface area contributed by atoms with Crippen molar-refractivity contribution in [3.63, 3.8) is 0 Å². The van der Waals surface area contributed by atoms with Gasteiger partial charge in [-0.1, -0.05) is 0 Å². The third-order valence-electron chi connectivity index (χ3n) is 4.05. The molecule has 0 aliphatic carbocycles. The fraction of sp³-hybridized carbons (Fsp3) is 0.857. The van der Waals surface area contributed by atoms with Gasteiger partial charge in [-0.2, -0.15) is 4.31 Å². The lowest BCUT2D eigenvalue weighted by atomic mass is 10.0. The molecule has 1 aliphatic heterocycles. The molecule has 0 bridgehead atoms. The van der Waals surface area contributed by atoms with Gasteiger partial charge in [-0.3, -0.25) is 9.59 Å². The number of hydrogen-bond acceptors (Lipinski definition) is 5. The van der Waals surface area contributed by atoms with Crippen molar-refractivity contribution in [2.45, 2.75) is 38.6 Å². The number of amides is 2. The maximum Gasteiger partial charge on any atom is 0.238 e. The van der Waals surface area contributed by atoms with Gasteiger partial charge in [-0.15, -0.1) is 12.4 Å². The molecule has 1 fully saturated rings. The highest BCUT2D eigenvalue weighted by Crippen LogP contribution is 2.17. The molecule has 8 nitrogen and oxygen atoms in total. The van der Waals surface area contributed by atoms with E-state index in [9.17, 15) is 18.0 Å². The number of rotatable bonds is 8. The van der Waals surface area contributed by atoms with E-state index in [-0.39, 0.29) is 49.0 Å². The van der Waals surface area contributed by atoms with E-state index in [2.05, 4.69) is 5.32 Å². The van der Waals surface area contributed by atoms with Crippen LogP contribution in [-0.4, -0.2) is 74.5 Å². The summed E-state index contributed by atoms with van der Waals surface area (Å²) in [4.78, 5) is 25.7. The van der Waals surface area contributed by atoms with Gasteiger partial charge in [0, 0.05) is 39.1 Å². The van der Waals surface area contributed by atoms with Gasteiger partial charge in [-0.25, -0.2) is 8.42 Å². The van der Waals surface area contributed by atoms with Gasteiger partial charge in [0.2, 0.25) is 21.8 Å². The van der Waals surface area contributed by atoms with Crippen LogP contribution in [0.3, 0.4) is 0 Å². The summed E-state index contributed by atoms with van der Waals surface area (Å²) in [6.07, 6.45) is 2.95. The number of hydrogen-bond donors (Lipinski definition) is 2. The number of piperidine rings is 1. The zero-order valence-electron chi connectivity index (χ0n) is 14.4. The van der Waals surface area contributed by atoms with Crippen LogP contribution in [0.5, 0.6) is 0 Å². The van der Waals surface area contributed by atoms with Crippen LogP contribution in [0.25, 0.3) is 0 Å². The molecule has 0 aromatic rings. The summed E-state index contributed by atoms with van der Waals surface area (Å²) in [6.45, 7) is 2.65. The molecule has 0 spiro atoms. The minimum atomic E-state index is -3.38. The van der Waals surface area contributed by atoms with E-state index in [0.29, 0.717) is 19.6 Å². The summed E-state index contributed by atoms with van der Waals surface area (Å²) in [5.74, 6) is -0.381. The van der Waals surface area contributed by atoms with Crippen LogP contribution in [0.1, 0.15) is 32.6 Å². The van der Waals surface area contributed by atoms with E-state index >= 15 is 0 Å². The van der Waals surface area contributed by atoms with E-state index < -0.39 is 10.0 Å². The van der Waals surface area contributed by atoms with Crippen LogP contribution in [0, 0.1) is 0 Å². The molecule has 142 valence electrons. The van der Waals surface area contributed by atoms with Crippen molar-refractivity contribution in [1.82, 2.24) is 14.5 Å². The molecule has 1 aliphatic rings. The first-order valence-electron chi connectivity index (χ1n) is 8.02. The number of halogens is 1. The molecule has 1 rings (SSSR count). The van der Waals surface area contributed by atoms with E-state index in [1.807, 2.05) is 0 Å². The Morgan fingerprint density at radius 2 is 2.00 bits per heavy atom. The monoisotopic (exact) mass is 384 g/mol. The van der Waals surface area contributed by atoms with Gasteiger partial charge in [0.25, 0.3) is 0 Å². The van der Waals surface area contributed by atoms with Gasteiger partial charge >= 0.3 is 0 Å². The quantitative estimate of drug-likeness (QED) is 0.587. The molecule has 24 heavy (non-hydrogen) atoms. The smallest absolute Gasteiger partial charge is 0.238 e. The number of nitrogens with two attached hydrogens (primary N) is 1. The number of likely N-dealkylation sites (N-methyl/N-ethyl adjacent to an activating group) is 1. The Kier molecular flexibility index (Phi) is 10.5. The highest BCUT2D eigenvalue weighted by atomic mass is 35.5. The summed E-state index contributed by atoms with van der Waals surface area (Å²) < 4.78 is 24.6. The van der Waals surface area contributed by atoms with Gasteiger partial charge < -0.3 is 16.0 Å². The summed E-state index contributed by atoms with van der Waals surface area (Å²) in [5.41, 5.74) is 5.33.